The third-order valence-corrected chi connectivity index (χ3v) is 3.80. The van der Waals surface area contributed by atoms with E-state index >= 15 is 0 Å². The van der Waals surface area contributed by atoms with Gasteiger partial charge < -0.3 is 10.1 Å². The number of hydrogen-bond donors (Lipinski definition) is 1. The summed E-state index contributed by atoms with van der Waals surface area (Å²) in [6.45, 7) is 4.94. The second kappa shape index (κ2) is 5.98. The van der Waals surface area contributed by atoms with Gasteiger partial charge in [-0.2, -0.15) is 0 Å². The molecule has 18 heavy (non-hydrogen) atoms. The summed E-state index contributed by atoms with van der Waals surface area (Å²) in [5.74, 6) is 0.924. The first kappa shape index (κ1) is 13.1. The molecule has 96 valence electrons. The third kappa shape index (κ3) is 3.09. The first-order valence-corrected chi connectivity index (χ1v) is 6.86. The lowest BCUT2D eigenvalue weighted by Crippen LogP contribution is -2.18. The molecule has 0 unspecified atom stereocenters. The van der Waals surface area contributed by atoms with Crippen molar-refractivity contribution in [2.75, 3.05) is 7.11 Å². The van der Waals surface area contributed by atoms with E-state index in [1.54, 1.807) is 18.4 Å². The number of aromatic nitrogens is 1. The van der Waals surface area contributed by atoms with Crippen LogP contribution in [0.3, 0.4) is 0 Å². The summed E-state index contributed by atoms with van der Waals surface area (Å²) in [4.78, 5) is 4.44. The van der Waals surface area contributed by atoms with Crippen LogP contribution in [0, 0.1) is 6.92 Å². The average Bonchev–Trinajstić information content (AvgIpc) is 2.81. The van der Waals surface area contributed by atoms with Crippen molar-refractivity contribution < 1.29 is 4.74 Å². The Hall–Kier alpha value is -1.39. The van der Waals surface area contributed by atoms with Crippen LogP contribution in [0.1, 0.15) is 29.2 Å². The Balaban J connectivity index is 2.01. The molecule has 1 N–H and O–H groups in total. The number of para-hydroxylation sites is 1. The topological polar surface area (TPSA) is 34.1 Å². The number of nitrogens with zero attached hydrogens (tertiary/aromatic N) is 1. The van der Waals surface area contributed by atoms with Gasteiger partial charge in [0.25, 0.3) is 0 Å². The lowest BCUT2D eigenvalue weighted by molar-refractivity contribution is 0.401. The molecule has 0 aliphatic carbocycles. The molecule has 4 heteroatoms. The SMILES string of the molecule is COc1ccccc1[C@H](C)NCc1nc(C)cs1. The fraction of sp³-hybridized carbons (Fsp3) is 0.357. The van der Waals surface area contributed by atoms with Crippen LogP contribution in [0.25, 0.3) is 0 Å². The van der Waals surface area contributed by atoms with E-state index < -0.39 is 0 Å². The first-order valence-electron chi connectivity index (χ1n) is 5.98. The van der Waals surface area contributed by atoms with Gasteiger partial charge in [0.05, 0.1) is 7.11 Å². The summed E-state index contributed by atoms with van der Waals surface area (Å²) < 4.78 is 5.37. The molecule has 1 heterocycles. The van der Waals surface area contributed by atoms with E-state index in [2.05, 4.69) is 28.7 Å². The van der Waals surface area contributed by atoms with Gasteiger partial charge in [-0.05, 0) is 19.9 Å². The summed E-state index contributed by atoms with van der Waals surface area (Å²) in [5, 5.41) is 6.67. The molecule has 0 aliphatic rings. The van der Waals surface area contributed by atoms with Crippen molar-refractivity contribution in [3.63, 3.8) is 0 Å². The Morgan fingerprint density at radius 3 is 2.83 bits per heavy atom. The van der Waals surface area contributed by atoms with Crippen molar-refractivity contribution in [2.45, 2.75) is 26.4 Å². The molecule has 0 saturated heterocycles. The molecule has 1 aromatic carbocycles. The zero-order valence-corrected chi connectivity index (χ0v) is 11.8. The first-order chi connectivity index (χ1) is 8.70. The van der Waals surface area contributed by atoms with Crippen LogP contribution in [-0.4, -0.2) is 12.1 Å². The largest absolute Gasteiger partial charge is 0.496 e. The molecule has 0 radical (unpaired) electrons. The Labute approximate surface area is 112 Å². The molecule has 1 atom stereocenters. The molecule has 3 nitrogen and oxygen atoms in total. The molecule has 0 amide bonds. The van der Waals surface area contributed by atoms with Crippen LogP contribution in [0.15, 0.2) is 29.6 Å². The van der Waals surface area contributed by atoms with Crippen molar-refractivity contribution in [1.82, 2.24) is 10.3 Å². The molecule has 1 aromatic heterocycles. The highest BCUT2D eigenvalue weighted by Gasteiger charge is 2.10. The van der Waals surface area contributed by atoms with Gasteiger partial charge in [0, 0.05) is 29.2 Å². The fourth-order valence-corrected chi connectivity index (χ4v) is 2.58. The van der Waals surface area contributed by atoms with Gasteiger partial charge in [0.15, 0.2) is 0 Å². The van der Waals surface area contributed by atoms with Gasteiger partial charge in [-0.25, -0.2) is 4.98 Å². The van der Waals surface area contributed by atoms with Crippen LogP contribution >= 0.6 is 11.3 Å². The number of methoxy groups -OCH3 is 1. The van der Waals surface area contributed by atoms with E-state index in [4.69, 9.17) is 4.74 Å². The van der Waals surface area contributed by atoms with E-state index in [1.165, 1.54) is 5.56 Å². The second-order valence-electron chi connectivity index (χ2n) is 4.23. The Morgan fingerprint density at radius 1 is 1.39 bits per heavy atom. The Kier molecular flexibility index (Phi) is 4.33. The number of ether oxygens (including phenoxy) is 1. The molecule has 0 bridgehead atoms. The molecule has 0 spiro atoms. The molecule has 0 aliphatic heterocycles. The maximum Gasteiger partial charge on any atom is 0.123 e. The summed E-state index contributed by atoms with van der Waals surface area (Å²) in [5.41, 5.74) is 2.26. The summed E-state index contributed by atoms with van der Waals surface area (Å²) >= 11 is 1.69. The van der Waals surface area contributed by atoms with Crippen molar-refractivity contribution in [3.05, 3.63) is 45.9 Å². The quantitative estimate of drug-likeness (QED) is 0.897. The Morgan fingerprint density at radius 2 is 2.17 bits per heavy atom. The zero-order valence-electron chi connectivity index (χ0n) is 10.9. The van der Waals surface area contributed by atoms with E-state index in [9.17, 15) is 0 Å². The highest BCUT2D eigenvalue weighted by Crippen LogP contribution is 2.24. The van der Waals surface area contributed by atoms with Crippen LogP contribution in [0.2, 0.25) is 0 Å². The van der Waals surface area contributed by atoms with Gasteiger partial charge in [-0.1, -0.05) is 18.2 Å². The standard InChI is InChI=1S/C14H18N2OS/c1-10-9-18-14(16-10)8-15-11(2)12-6-4-5-7-13(12)17-3/h4-7,9,11,15H,8H2,1-3H3/t11-/m0/s1. The fourth-order valence-electron chi connectivity index (χ4n) is 1.86. The molecule has 2 rings (SSSR count). The Bertz CT molecular complexity index is 510. The predicted molar refractivity (Wildman–Crippen MR) is 75.1 cm³/mol. The lowest BCUT2D eigenvalue weighted by Gasteiger charge is -2.16. The number of benzene rings is 1. The van der Waals surface area contributed by atoms with Crippen LogP contribution in [-0.2, 0) is 6.54 Å². The zero-order chi connectivity index (χ0) is 13.0. The molecular formula is C14H18N2OS. The number of hydrogen-bond acceptors (Lipinski definition) is 4. The van der Waals surface area contributed by atoms with Crippen molar-refractivity contribution in [1.29, 1.82) is 0 Å². The van der Waals surface area contributed by atoms with Crippen molar-refractivity contribution >= 4 is 11.3 Å². The minimum Gasteiger partial charge on any atom is -0.496 e. The number of rotatable bonds is 5. The normalized spacial score (nSPS) is 12.4. The summed E-state index contributed by atoms with van der Waals surface area (Å²) in [6, 6.07) is 8.33. The van der Waals surface area contributed by atoms with Gasteiger partial charge in [-0.15, -0.1) is 11.3 Å². The van der Waals surface area contributed by atoms with Crippen LogP contribution in [0.5, 0.6) is 5.75 Å². The van der Waals surface area contributed by atoms with Gasteiger partial charge in [-0.3, -0.25) is 0 Å². The minimum absolute atomic E-state index is 0.241. The monoisotopic (exact) mass is 262 g/mol. The van der Waals surface area contributed by atoms with Gasteiger partial charge >= 0.3 is 0 Å². The smallest absolute Gasteiger partial charge is 0.123 e. The second-order valence-corrected chi connectivity index (χ2v) is 5.17. The lowest BCUT2D eigenvalue weighted by atomic mass is 10.1. The van der Waals surface area contributed by atoms with Crippen LogP contribution in [0.4, 0.5) is 0 Å². The van der Waals surface area contributed by atoms with Gasteiger partial charge in [0.1, 0.15) is 10.8 Å². The number of nitrogens with one attached hydrogen (secondary N) is 1. The molecule has 0 saturated carbocycles. The van der Waals surface area contributed by atoms with Crippen molar-refractivity contribution in [2.24, 2.45) is 0 Å². The molecular weight excluding hydrogens is 244 g/mol. The van der Waals surface area contributed by atoms with E-state index in [-0.39, 0.29) is 6.04 Å². The highest BCUT2D eigenvalue weighted by atomic mass is 32.1. The molecule has 2 aromatic rings. The van der Waals surface area contributed by atoms with Crippen molar-refractivity contribution in [3.8, 4) is 5.75 Å². The van der Waals surface area contributed by atoms with Gasteiger partial charge in [0.2, 0.25) is 0 Å². The van der Waals surface area contributed by atoms with E-state index in [1.807, 2.05) is 25.1 Å². The molecule has 0 fully saturated rings. The summed E-state index contributed by atoms with van der Waals surface area (Å²) in [6.07, 6.45) is 0. The van der Waals surface area contributed by atoms with Crippen LogP contribution < -0.4 is 10.1 Å². The average molecular weight is 262 g/mol. The van der Waals surface area contributed by atoms with E-state index in [0.29, 0.717) is 0 Å². The van der Waals surface area contributed by atoms with E-state index in [0.717, 1.165) is 23.0 Å². The maximum absolute atomic E-state index is 5.37. The minimum atomic E-state index is 0.241. The predicted octanol–water partition coefficient (Wildman–Crippen LogP) is 3.31. The maximum atomic E-state index is 5.37. The number of aryl methyl sites for hydroxylation is 1. The number of thiazole rings is 1. The summed E-state index contributed by atoms with van der Waals surface area (Å²) in [7, 11) is 1.70. The highest BCUT2D eigenvalue weighted by molar-refractivity contribution is 7.09. The third-order valence-electron chi connectivity index (χ3n) is 2.83.